The maximum atomic E-state index is 12.5. The SMILES string of the molecule is NC(=O)[C@@H](N)Cc1c[nH]c2cccc(C(=O)CC[C@@H](N)C(=O)O)c12. The van der Waals surface area contributed by atoms with E-state index >= 15 is 0 Å². The molecule has 0 aliphatic carbocycles. The van der Waals surface area contributed by atoms with E-state index in [4.69, 9.17) is 22.3 Å². The molecule has 0 saturated carbocycles. The molecule has 1 heterocycles. The Hall–Kier alpha value is -2.71. The Labute approximate surface area is 138 Å². The minimum atomic E-state index is -1.14. The number of nitrogens with two attached hydrogens (primary N) is 3. The second-order valence-corrected chi connectivity index (χ2v) is 5.66. The Balaban J connectivity index is 2.29. The first-order chi connectivity index (χ1) is 11.3. The van der Waals surface area contributed by atoms with Gasteiger partial charge in [0, 0.05) is 29.1 Å². The number of aromatic nitrogens is 1. The second kappa shape index (κ2) is 7.24. The molecule has 0 saturated heterocycles. The van der Waals surface area contributed by atoms with Crippen molar-refractivity contribution in [1.82, 2.24) is 4.98 Å². The fraction of sp³-hybridized carbons (Fsp3) is 0.312. The van der Waals surface area contributed by atoms with Gasteiger partial charge in [-0.25, -0.2) is 0 Å². The molecule has 8 nitrogen and oxygen atoms in total. The van der Waals surface area contributed by atoms with Gasteiger partial charge in [-0.3, -0.25) is 14.4 Å². The molecule has 2 aromatic rings. The number of benzene rings is 1. The third-order valence-electron chi connectivity index (χ3n) is 3.89. The Morgan fingerprint density at radius 2 is 1.88 bits per heavy atom. The molecule has 8 heteroatoms. The normalized spacial score (nSPS) is 13.6. The largest absolute Gasteiger partial charge is 0.480 e. The highest BCUT2D eigenvalue weighted by atomic mass is 16.4. The summed E-state index contributed by atoms with van der Waals surface area (Å²) >= 11 is 0. The summed E-state index contributed by atoms with van der Waals surface area (Å²) in [6.45, 7) is 0. The van der Waals surface area contributed by atoms with Gasteiger partial charge < -0.3 is 27.3 Å². The molecule has 1 amide bonds. The summed E-state index contributed by atoms with van der Waals surface area (Å²) in [6, 6.07) is 3.24. The van der Waals surface area contributed by atoms with Crippen molar-refractivity contribution >= 4 is 28.6 Å². The third-order valence-corrected chi connectivity index (χ3v) is 3.89. The average molecular weight is 332 g/mol. The molecular formula is C16H20N4O4. The van der Waals surface area contributed by atoms with Crippen LogP contribution < -0.4 is 17.2 Å². The third kappa shape index (κ3) is 3.79. The standard InChI is InChI=1S/C16H20N4O4/c17-10(16(23)24)4-5-13(21)9-2-1-3-12-14(9)8(7-20-12)6-11(18)15(19)22/h1-3,7,10-11,20H,4-6,17-18H2,(H2,19,22)(H,23,24)/t10-,11+/m1/s1. The number of rotatable bonds is 8. The van der Waals surface area contributed by atoms with Gasteiger partial charge in [0.2, 0.25) is 5.91 Å². The number of hydrogen-bond donors (Lipinski definition) is 5. The first kappa shape index (κ1) is 17.6. The van der Waals surface area contributed by atoms with E-state index in [0.29, 0.717) is 16.5 Å². The maximum Gasteiger partial charge on any atom is 0.320 e. The number of H-pyrrole nitrogens is 1. The fourth-order valence-electron chi connectivity index (χ4n) is 2.53. The molecule has 0 bridgehead atoms. The Kier molecular flexibility index (Phi) is 5.32. The fourth-order valence-corrected chi connectivity index (χ4v) is 2.53. The average Bonchev–Trinajstić information content (AvgIpc) is 2.95. The molecule has 8 N–H and O–H groups in total. The quantitative estimate of drug-likeness (QED) is 0.423. The number of nitrogens with one attached hydrogen (secondary N) is 1. The number of aliphatic carboxylic acids is 1. The molecule has 0 spiro atoms. The number of carboxylic acid groups (broad SMARTS) is 1. The highest BCUT2D eigenvalue weighted by Crippen LogP contribution is 2.25. The molecule has 24 heavy (non-hydrogen) atoms. The number of fused-ring (bicyclic) bond motifs is 1. The van der Waals surface area contributed by atoms with Gasteiger partial charge in [-0.1, -0.05) is 12.1 Å². The number of ketones is 1. The van der Waals surface area contributed by atoms with Crippen molar-refractivity contribution in [2.24, 2.45) is 17.2 Å². The highest BCUT2D eigenvalue weighted by Gasteiger charge is 2.19. The van der Waals surface area contributed by atoms with Crippen LogP contribution in [0.1, 0.15) is 28.8 Å². The molecule has 0 fully saturated rings. The molecule has 0 aliphatic rings. The van der Waals surface area contributed by atoms with Gasteiger partial charge in [0.25, 0.3) is 0 Å². The monoisotopic (exact) mass is 332 g/mol. The lowest BCUT2D eigenvalue weighted by molar-refractivity contribution is -0.138. The van der Waals surface area contributed by atoms with Crippen LogP contribution in [0.4, 0.5) is 0 Å². The highest BCUT2D eigenvalue weighted by molar-refractivity contribution is 6.09. The molecule has 0 radical (unpaired) electrons. The van der Waals surface area contributed by atoms with Crippen LogP contribution in [0.15, 0.2) is 24.4 Å². The molecule has 2 atom stereocenters. The summed E-state index contributed by atoms with van der Waals surface area (Å²) in [6.07, 6.45) is 1.95. The van der Waals surface area contributed by atoms with E-state index < -0.39 is 24.0 Å². The number of carbonyl (C=O) groups is 3. The van der Waals surface area contributed by atoms with Gasteiger partial charge in [-0.15, -0.1) is 0 Å². The summed E-state index contributed by atoms with van der Waals surface area (Å²) in [5.74, 6) is -1.98. The van der Waals surface area contributed by atoms with E-state index in [1.54, 1.807) is 24.4 Å². The Morgan fingerprint density at radius 3 is 2.50 bits per heavy atom. The van der Waals surface area contributed by atoms with Gasteiger partial charge in [0.15, 0.2) is 5.78 Å². The number of Topliss-reactive ketones (excluding diaryl/α,β-unsaturated/α-hetero) is 1. The van der Waals surface area contributed by atoms with Crippen molar-refractivity contribution in [3.8, 4) is 0 Å². The first-order valence-corrected chi connectivity index (χ1v) is 7.46. The summed E-state index contributed by atoms with van der Waals surface area (Å²) in [7, 11) is 0. The molecule has 0 unspecified atom stereocenters. The summed E-state index contributed by atoms with van der Waals surface area (Å²) in [4.78, 5) is 37.4. The van der Waals surface area contributed by atoms with Crippen LogP contribution in [-0.4, -0.2) is 39.8 Å². The van der Waals surface area contributed by atoms with Crippen molar-refractivity contribution in [2.45, 2.75) is 31.3 Å². The molecular weight excluding hydrogens is 312 g/mol. The molecule has 128 valence electrons. The van der Waals surface area contributed by atoms with E-state index in [9.17, 15) is 14.4 Å². The number of primary amides is 1. The zero-order valence-corrected chi connectivity index (χ0v) is 13.0. The van der Waals surface area contributed by atoms with Crippen LogP contribution in [0, 0.1) is 0 Å². The van der Waals surface area contributed by atoms with Gasteiger partial charge >= 0.3 is 5.97 Å². The van der Waals surface area contributed by atoms with Crippen LogP contribution in [-0.2, 0) is 16.0 Å². The van der Waals surface area contributed by atoms with E-state index in [0.717, 1.165) is 5.52 Å². The van der Waals surface area contributed by atoms with Crippen molar-refractivity contribution in [3.63, 3.8) is 0 Å². The lowest BCUT2D eigenvalue weighted by Crippen LogP contribution is -2.38. The molecule has 0 aliphatic heterocycles. The number of hydrogen-bond acceptors (Lipinski definition) is 5. The van der Waals surface area contributed by atoms with Crippen molar-refractivity contribution < 1.29 is 19.5 Å². The minimum Gasteiger partial charge on any atom is -0.480 e. The summed E-state index contributed by atoms with van der Waals surface area (Å²) in [5, 5.41) is 9.47. The number of carboxylic acids is 1. The van der Waals surface area contributed by atoms with Gasteiger partial charge in [-0.05, 0) is 24.5 Å². The van der Waals surface area contributed by atoms with Gasteiger partial charge in [0.05, 0.1) is 6.04 Å². The zero-order valence-electron chi connectivity index (χ0n) is 13.0. The Bertz CT molecular complexity index is 783. The minimum absolute atomic E-state index is 0.0130. The smallest absolute Gasteiger partial charge is 0.320 e. The van der Waals surface area contributed by atoms with Crippen molar-refractivity contribution in [1.29, 1.82) is 0 Å². The van der Waals surface area contributed by atoms with Gasteiger partial charge in [0.1, 0.15) is 6.04 Å². The lowest BCUT2D eigenvalue weighted by atomic mass is 9.96. The zero-order chi connectivity index (χ0) is 17.9. The topological polar surface area (TPSA) is 165 Å². The summed E-state index contributed by atoms with van der Waals surface area (Å²) < 4.78 is 0. The number of amides is 1. The molecule has 1 aromatic carbocycles. The first-order valence-electron chi connectivity index (χ1n) is 7.46. The van der Waals surface area contributed by atoms with Crippen LogP contribution >= 0.6 is 0 Å². The predicted octanol–water partition coefficient (Wildman–Crippen LogP) is -0.102. The van der Waals surface area contributed by atoms with E-state index in [1.807, 2.05) is 0 Å². The molecule has 2 rings (SSSR count). The van der Waals surface area contributed by atoms with Crippen LogP contribution in [0.5, 0.6) is 0 Å². The number of carbonyl (C=O) groups excluding carboxylic acids is 2. The van der Waals surface area contributed by atoms with E-state index in [1.165, 1.54) is 0 Å². The molecule has 1 aromatic heterocycles. The Morgan fingerprint density at radius 1 is 1.17 bits per heavy atom. The van der Waals surface area contributed by atoms with E-state index in [-0.39, 0.29) is 25.0 Å². The van der Waals surface area contributed by atoms with Crippen LogP contribution in [0.2, 0.25) is 0 Å². The van der Waals surface area contributed by atoms with Crippen molar-refractivity contribution in [2.75, 3.05) is 0 Å². The number of aromatic amines is 1. The van der Waals surface area contributed by atoms with Crippen molar-refractivity contribution in [3.05, 3.63) is 35.5 Å². The predicted molar refractivity (Wildman–Crippen MR) is 88.3 cm³/mol. The lowest BCUT2D eigenvalue weighted by Gasteiger charge is -2.09. The maximum absolute atomic E-state index is 12.5. The van der Waals surface area contributed by atoms with Crippen LogP contribution in [0.3, 0.4) is 0 Å². The van der Waals surface area contributed by atoms with E-state index in [2.05, 4.69) is 4.98 Å². The summed E-state index contributed by atoms with van der Waals surface area (Å²) in [5.41, 5.74) is 18.2. The van der Waals surface area contributed by atoms with Crippen LogP contribution in [0.25, 0.3) is 10.9 Å². The second-order valence-electron chi connectivity index (χ2n) is 5.66. The van der Waals surface area contributed by atoms with Gasteiger partial charge in [-0.2, -0.15) is 0 Å².